The fourth-order valence-electron chi connectivity index (χ4n) is 3.36. The number of hydrogen-bond donors (Lipinski definition) is 1. The van der Waals surface area contributed by atoms with Gasteiger partial charge in [-0.2, -0.15) is 0 Å². The van der Waals surface area contributed by atoms with Crippen LogP contribution >= 0.6 is 0 Å². The molecule has 0 atom stereocenters. The highest BCUT2D eigenvalue weighted by Gasteiger charge is 2.12. The highest BCUT2D eigenvalue weighted by molar-refractivity contribution is 5.82. The van der Waals surface area contributed by atoms with Gasteiger partial charge in [-0.25, -0.2) is 9.18 Å². The average molecular weight is 354 g/mol. The van der Waals surface area contributed by atoms with Crippen LogP contribution in [0.4, 0.5) is 4.39 Å². The van der Waals surface area contributed by atoms with E-state index in [2.05, 4.69) is 32.2 Å². The molecule has 0 bridgehead atoms. The minimum absolute atomic E-state index is 0.212. The molecule has 0 fully saturated rings. The lowest BCUT2D eigenvalue weighted by atomic mass is 9.95. The first-order valence-corrected chi connectivity index (χ1v) is 9.07. The molecule has 4 heteroatoms. The summed E-state index contributed by atoms with van der Waals surface area (Å²) in [5.74, 6) is 0.207. The van der Waals surface area contributed by atoms with Gasteiger partial charge in [0.15, 0.2) is 0 Å². The summed E-state index contributed by atoms with van der Waals surface area (Å²) in [7, 11) is 0. The van der Waals surface area contributed by atoms with Gasteiger partial charge in [0.05, 0.1) is 6.54 Å². The molecule has 0 amide bonds. The molecule has 1 aromatic heterocycles. The van der Waals surface area contributed by atoms with E-state index >= 15 is 0 Å². The van der Waals surface area contributed by atoms with Gasteiger partial charge in [0.2, 0.25) is 0 Å². The average Bonchev–Trinajstić information content (AvgIpc) is 2.59. The summed E-state index contributed by atoms with van der Waals surface area (Å²) in [5, 5.41) is 3.18. The first kappa shape index (κ1) is 18.3. The second-order valence-corrected chi connectivity index (χ2v) is 7.11. The molecular formula is C22H25FNO2+. The smallest absolute Gasteiger partial charge is 0.336 e. The van der Waals surface area contributed by atoms with E-state index in [1.807, 2.05) is 18.2 Å². The third-order valence-electron chi connectivity index (χ3n) is 4.75. The molecule has 0 spiro atoms. The van der Waals surface area contributed by atoms with Crippen LogP contribution in [0.3, 0.4) is 0 Å². The quantitative estimate of drug-likeness (QED) is 0.542. The van der Waals surface area contributed by atoms with E-state index in [9.17, 15) is 9.18 Å². The molecule has 0 aliphatic heterocycles. The predicted octanol–water partition coefficient (Wildman–Crippen LogP) is 3.67. The minimum Gasteiger partial charge on any atom is -0.423 e. The molecule has 0 unspecified atom stereocenters. The monoisotopic (exact) mass is 354 g/mol. The van der Waals surface area contributed by atoms with Crippen molar-refractivity contribution < 1.29 is 14.1 Å². The molecule has 2 N–H and O–H groups in total. The number of benzene rings is 2. The lowest BCUT2D eigenvalue weighted by molar-refractivity contribution is -0.670. The Morgan fingerprint density at radius 2 is 1.85 bits per heavy atom. The number of halogens is 1. The summed E-state index contributed by atoms with van der Waals surface area (Å²) >= 11 is 0. The zero-order valence-corrected chi connectivity index (χ0v) is 15.5. The van der Waals surface area contributed by atoms with Crippen LogP contribution in [0.15, 0.2) is 51.7 Å². The van der Waals surface area contributed by atoms with E-state index in [4.69, 9.17) is 4.42 Å². The van der Waals surface area contributed by atoms with Crippen molar-refractivity contribution in [2.24, 2.45) is 0 Å². The Bertz CT molecular complexity index is 958. The van der Waals surface area contributed by atoms with Gasteiger partial charge in [0, 0.05) is 23.4 Å². The number of quaternary nitrogens is 1. The molecule has 3 rings (SSSR count). The van der Waals surface area contributed by atoms with Crippen molar-refractivity contribution in [3.63, 3.8) is 0 Å². The Labute approximate surface area is 152 Å². The molecule has 0 saturated heterocycles. The molecule has 26 heavy (non-hydrogen) atoms. The molecule has 2 aromatic carbocycles. The number of rotatable bonds is 6. The Morgan fingerprint density at radius 1 is 1.12 bits per heavy atom. The van der Waals surface area contributed by atoms with Crippen molar-refractivity contribution in [3.05, 3.63) is 81.0 Å². The van der Waals surface area contributed by atoms with Gasteiger partial charge in [0.1, 0.15) is 17.9 Å². The molecule has 0 saturated carbocycles. The Morgan fingerprint density at radius 3 is 2.54 bits per heavy atom. The minimum atomic E-state index is -0.309. The van der Waals surface area contributed by atoms with Gasteiger partial charge in [-0.3, -0.25) is 0 Å². The third-order valence-corrected chi connectivity index (χ3v) is 4.75. The van der Waals surface area contributed by atoms with Crippen LogP contribution in [0, 0.1) is 12.7 Å². The topological polar surface area (TPSA) is 46.8 Å². The second kappa shape index (κ2) is 7.83. The normalized spacial score (nSPS) is 11.4. The molecule has 136 valence electrons. The van der Waals surface area contributed by atoms with Gasteiger partial charge in [0.25, 0.3) is 0 Å². The van der Waals surface area contributed by atoms with E-state index in [1.165, 1.54) is 17.7 Å². The Balaban J connectivity index is 1.77. The van der Waals surface area contributed by atoms with Crippen molar-refractivity contribution in [1.29, 1.82) is 0 Å². The molecule has 0 aliphatic carbocycles. The SMILES string of the molecule is Cc1cc2oc(=O)cc(C[NH2+]CCc3ccc(F)cc3)c2cc1C(C)C. The summed E-state index contributed by atoms with van der Waals surface area (Å²) in [6.07, 6.45) is 0.857. The van der Waals surface area contributed by atoms with Crippen LogP contribution in [-0.4, -0.2) is 6.54 Å². The summed E-state index contributed by atoms with van der Waals surface area (Å²) in [5.41, 5.74) is 4.87. The van der Waals surface area contributed by atoms with E-state index in [0.29, 0.717) is 18.0 Å². The van der Waals surface area contributed by atoms with Crippen LogP contribution in [0.2, 0.25) is 0 Å². The highest BCUT2D eigenvalue weighted by Crippen LogP contribution is 2.26. The summed E-state index contributed by atoms with van der Waals surface area (Å²) in [6.45, 7) is 7.97. The van der Waals surface area contributed by atoms with Gasteiger partial charge >= 0.3 is 5.63 Å². The van der Waals surface area contributed by atoms with Gasteiger partial charge < -0.3 is 9.73 Å². The lowest BCUT2D eigenvalue weighted by Gasteiger charge is -2.12. The van der Waals surface area contributed by atoms with Crippen LogP contribution in [0.1, 0.15) is 42.0 Å². The van der Waals surface area contributed by atoms with Crippen LogP contribution < -0.4 is 10.9 Å². The molecular weight excluding hydrogens is 329 g/mol. The molecule has 3 aromatic rings. The standard InChI is InChI=1S/C22H24FNO2/c1-14(2)19-12-20-17(11-22(25)26-21(20)10-15(19)3)13-24-9-8-16-4-6-18(23)7-5-16/h4-7,10-12,14,24H,8-9,13H2,1-3H3/p+1. The molecule has 3 nitrogen and oxygen atoms in total. The van der Waals surface area contributed by atoms with E-state index < -0.39 is 0 Å². The van der Waals surface area contributed by atoms with Gasteiger partial charge in [-0.15, -0.1) is 0 Å². The number of aryl methyl sites for hydroxylation is 1. The fourth-order valence-corrected chi connectivity index (χ4v) is 3.36. The fraction of sp³-hybridized carbons (Fsp3) is 0.318. The third kappa shape index (κ3) is 4.20. The van der Waals surface area contributed by atoms with E-state index in [-0.39, 0.29) is 11.4 Å². The van der Waals surface area contributed by atoms with Crippen LogP contribution in [0.25, 0.3) is 11.0 Å². The Hall–Kier alpha value is -2.46. The van der Waals surface area contributed by atoms with Crippen LogP contribution in [-0.2, 0) is 13.0 Å². The van der Waals surface area contributed by atoms with E-state index in [0.717, 1.165) is 35.0 Å². The Kier molecular flexibility index (Phi) is 5.52. The molecule has 0 radical (unpaired) electrons. The first-order valence-electron chi connectivity index (χ1n) is 9.07. The van der Waals surface area contributed by atoms with Gasteiger partial charge in [-0.05, 0) is 53.8 Å². The zero-order chi connectivity index (χ0) is 18.7. The van der Waals surface area contributed by atoms with E-state index in [1.54, 1.807) is 6.07 Å². The molecule has 1 heterocycles. The second-order valence-electron chi connectivity index (χ2n) is 7.11. The maximum absolute atomic E-state index is 13.0. The maximum Gasteiger partial charge on any atom is 0.336 e. The van der Waals surface area contributed by atoms with Crippen molar-refractivity contribution >= 4 is 11.0 Å². The summed E-state index contributed by atoms with van der Waals surface area (Å²) in [4.78, 5) is 11.9. The zero-order valence-electron chi connectivity index (χ0n) is 15.5. The predicted molar refractivity (Wildman–Crippen MR) is 102 cm³/mol. The largest absolute Gasteiger partial charge is 0.423 e. The highest BCUT2D eigenvalue weighted by atomic mass is 19.1. The lowest BCUT2D eigenvalue weighted by Crippen LogP contribution is -2.83. The molecule has 0 aliphatic rings. The summed E-state index contributed by atoms with van der Waals surface area (Å²) in [6, 6.07) is 12.3. The summed E-state index contributed by atoms with van der Waals surface area (Å²) < 4.78 is 18.4. The number of hydrogen-bond acceptors (Lipinski definition) is 2. The van der Waals surface area contributed by atoms with Crippen molar-refractivity contribution in [2.75, 3.05) is 6.54 Å². The maximum atomic E-state index is 13.0. The van der Waals surface area contributed by atoms with Crippen LogP contribution in [0.5, 0.6) is 0 Å². The number of nitrogens with two attached hydrogens (primary N) is 1. The van der Waals surface area contributed by atoms with Crippen molar-refractivity contribution in [1.82, 2.24) is 0 Å². The number of fused-ring (bicyclic) bond motifs is 1. The first-order chi connectivity index (χ1) is 12.4. The van der Waals surface area contributed by atoms with Gasteiger partial charge in [-0.1, -0.05) is 26.0 Å². The van der Waals surface area contributed by atoms with Crippen molar-refractivity contribution in [2.45, 2.75) is 39.7 Å². The van der Waals surface area contributed by atoms with Crippen molar-refractivity contribution in [3.8, 4) is 0 Å².